The number of nitrogens with zero attached hydrogens (tertiary/aromatic N) is 3. The molecule has 0 spiro atoms. The third-order valence-electron chi connectivity index (χ3n) is 3.95. The van der Waals surface area contributed by atoms with Crippen LogP contribution in [0, 0.1) is 0 Å². The number of amides is 2. The predicted octanol–water partition coefficient (Wildman–Crippen LogP) is 2.03. The van der Waals surface area contributed by atoms with Crippen molar-refractivity contribution in [3.63, 3.8) is 0 Å². The predicted molar refractivity (Wildman–Crippen MR) is 91.7 cm³/mol. The molecule has 4 rings (SSSR count). The summed E-state index contributed by atoms with van der Waals surface area (Å²) in [5.74, 6) is 0.0894. The van der Waals surface area contributed by atoms with Crippen molar-refractivity contribution >= 4 is 34.2 Å². The molecular weight excluding hydrogens is 322 g/mol. The molecule has 3 aromatic rings. The Kier molecular flexibility index (Phi) is 3.57. The number of carbonyl (C=O) groups excluding carboxylic acids is 2. The number of rotatable bonds is 3. The van der Waals surface area contributed by atoms with Crippen molar-refractivity contribution in [2.24, 2.45) is 0 Å². The fourth-order valence-electron chi connectivity index (χ4n) is 2.71. The summed E-state index contributed by atoms with van der Waals surface area (Å²) in [6.45, 7) is 2.69. The molecule has 126 valence electrons. The Morgan fingerprint density at radius 1 is 1.32 bits per heavy atom. The molecule has 0 atom stereocenters. The Morgan fingerprint density at radius 3 is 3.04 bits per heavy atom. The molecule has 0 bridgehead atoms. The molecule has 25 heavy (non-hydrogen) atoms. The molecule has 0 saturated carbocycles. The molecule has 1 aliphatic rings. The van der Waals surface area contributed by atoms with E-state index < -0.39 is 0 Å². The molecule has 0 saturated heterocycles. The van der Waals surface area contributed by atoms with Crippen LogP contribution >= 0.6 is 0 Å². The molecular formula is C17H15N5O3. The Bertz CT molecular complexity index is 995. The number of carbonyl (C=O) groups is 2. The van der Waals surface area contributed by atoms with Gasteiger partial charge in [0.15, 0.2) is 6.61 Å². The highest BCUT2D eigenvalue weighted by atomic mass is 16.5. The van der Waals surface area contributed by atoms with Crippen LogP contribution < -0.4 is 15.4 Å². The Labute approximate surface area is 142 Å². The summed E-state index contributed by atoms with van der Waals surface area (Å²) >= 11 is 0. The van der Waals surface area contributed by atoms with Crippen LogP contribution in [-0.2, 0) is 11.3 Å². The second-order valence-corrected chi connectivity index (χ2v) is 5.61. The fourth-order valence-corrected chi connectivity index (χ4v) is 2.71. The first-order valence-electron chi connectivity index (χ1n) is 7.85. The molecule has 2 amide bonds. The first-order valence-corrected chi connectivity index (χ1v) is 7.85. The minimum Gasteiger partial charge on any atom is -0.482 e. The molecule has 1 aliphatic heterocycles. The van der Waals surface area contributed by atoms with E-state index in [-0.39, 0.29) is 18.4 Å². The van der Waals surface area contributed by atoms with Gasteiger partial charge >= 0.3 is 0 Å². The third-order valence-corrected chi connectivity index (χ3v) is 3.95. The van der Waals surface area contributed by atoms with E-state index in [0.29, 0.717) is 34.7 Å². The smallest absolute Gasteiger partial charge is 0.262 e. The number of anilines is 2. The van der Waals surface area contributed by atoms with Gasteiger partial charge in [-0.3, -0.25) is 9.59 Å². The van der Waals surface area contributed by atoms with Crippen molar-refractivity contribution < 1.29 is 14.3 Å². The number of nitrogens with one attached hydrogen (secondary N) is 2. The van der Waals surface area contributed by atoms with Crippen LogP contribution in [0.15, 0.2) is 36.4 Å². The summed E-state index contributed by atoms with van der Waals surface area (Å²) in [7, 11) is 0. The average Bonchev–Trinajstić information content (AvgIpc) is 3.03. The lowest BCUT2D eigenvalue weighted by molar-refractivity contribution is -0.118. The highest BCUT2D eigenvalue weighted by molar-refractivity contribution is 6.06. The van der Waals surface area contributed by atoms with Crippen LogP contribution in [0.25, 0.3) is 11.0 Å². The van der Waals surface area contributed by atoms with Gasteiger partial charge in [-0.25, -0.2) is 4.68 Å². The van der Waals surface area contributed by atoms with Gasteiger partial charge < -0.3 is 15.4 Å². The summed E-state index contributed by atoms with van der Waals surface area (Å²) in [6, 6.07) is 10.4. The molecule has 2 aromatic carbocycles. The molecule has 0 unspecified atom stereocenters. The van der Waals surface area contributed by atoms with E-state index in [9.17, 15) is 9.59 Å². The van der Waals surface area contributed by atoms with Gasteiger partial charge in [0.25, 0.3) is 11.8 Å². The standard InChI is InChI=1S/C17H15N5O3/c1-2-22-14-5-3-10(7-12(14)20-21-22)17(24)18-11-4-6-15-13(8-11)19-16(23)9-25-15/h3-8H,2,9H2,1H3,(H,18,24)(H,19,23). The number of aromatic nitrogens is 3. The molecule has 0 radical (unpaired) electrons. The molecule has 0 fully saturated rings. The zero-order chi connectivity index (χ0) is 17.4. The maximum atomic E-state index is 12.5. The van der Waals surface area contributed by atoms with E-state index >= 15 is 0 Å². The van der Waals surface area contributed by atoms with Crippen LogP contribution in [-0.4, -0.2) is 33.4 Å². The normalized spacial score (nSPS) is 13.1. The van der Waals surface area contributed by atoms with Gasteiger partial charge in [-0.1, -0.05) is 5.21 Å². The minimum atomic E-state index is -0.268. The van der Waals surface area contributed by atoms with E-state index in [0.717, 1.165) is 5.52 Å². The van der Waals surface area contributed by atoms with Crippen LogP contribution in [0.1, 0.15) is 17.3 Å². The number of hydrogen-bond donors (Lipinski definition) is 2. The Morgan fingerprint density at radius 2 is 2.20 bits per heavy atom. The molecule has 2 heterocycles. The maximum Gasteiger partial charge on any atom is 0.262 e. The minimum absolute atomic E-state index is 0.00282. The average molecular weight is 337 g/mol. The molecule has 2 N–H and O–H groups in total. The highest BCUT2D eigenvalue weighted by Gasteiger charge is 2.17. The zero-order valence-corrected chi connectivity index (χ0v) is 13.4. The van der Waals surface area contributed by atoms with E-state index in [1.54, 1.807) is 35.0 Å². The lowest BCUT2D eigenvalue weighted by Crippen LogP contribution is -2.25. The summed E-state index contributed by atoms with van der Waals surface area (Å²) in [6.07, 6.45) is 0. The van der Waals surface area contributed by atoms with Crippen molar-refractivity contribution in [3.8, 4) is 5.75 Å². The first-order chi connectivity index (χ1) is 12.1. The summed E-state index contributed by atoms with van der Waals surface area (Å²) < 4.78 is 7.07. The van der Waals surface area contributed by atoms with Crippen LogP contribution in [0.5, 0.6) is 5.75 Å². The van der Waals surface area contributed by atoms with E-state index in [4.69, 9.17) is 4.74 Å². The first kappa shape index (κ1) is 15.1. The molecule has 1 aromatic heterocycles. The van der Waals surface area contributed by atoms with Gasteiger partial charge in [0.1, 0.15) is 11.3 Å². The highest BCUT2D eigenvalue weighted by Crippen LogP contribution is 2.30. The van der Waals surface area contributed by atoms with E-state index in [2.05, 4.69) is 20.9 Å². The van der Waals surface area contributed by atoms with Gasteiger partial charge in [-0.2, -0.15) is 0 Å². The van der Waals surface area contributed by atoms with Crippen molar-refractivity contribution in [1.29, 1.82) is 0 Å². The number of benzene rings is 2. The van der Waals surface area contributed by atoms with Gasteiger partial charge in [-0.15, -0.1) is 5.10 Å². The van der Waals surface area contributed by atoms with Crippen molar-refractivity contribution in [2.75, 3.05) is 17.2 Å². The van der Waals surface area contributed by atoms with Crippen molar-refractivity contribution in [2.45, 2.75) is 13.5 Å². The quantitative estimate of drug-likeness (QED) is 0.762. The second-order valence-electron chi connectivity index (χ2n) is 5.61. The SMILES string of the molecule is CCn1nnc2cc(C(=O)Nc3ccc4c(c3)NC(=O)CO4)ccc21. The summed E-state index contributed by atoms with van der Waals surface area (Å²) in [4.78, 5) is 23.9. The number of ether oxygens (including phenoxy) is 1. The number of hydrogen-bond acceptors (Lipinski definition) is 5. The van der Waals surface area contributed by atoms with Crippen molar-refractivity contribution in [3.05, 3.63) is 42.0 Å². The lowest BCUT2D eigenvalue weighted by Gasteiger charge is -2.18. The summed E-state index contributed by atoms with van der Waals surface area (Å²) in [5.41, 5.74) is 3.13. The van der Waals surface area contributed by atoms with Gasteiger partial charge in [0.05, 0.1) is 11.2 Å². The molecule has 8 nitrogen and oxygen atoms in total. The molecule has 8 heteroatoms. The Hall–Kier alpha value is -3.42. The topological polar surface area (TPSA) is 98.1 Å². The van der Waals surface area contributed by atoms with Gasteiger partial charge in [-0.05, 0) is 43.3 Å². The summed E-state index contributed by atoms with van der Waals surface area (Å²) in [5, 5.41) is 13.6. The van der Waals surface area contributed by atoms with Gasteiger partial charge in [0.2, 0.25) is 0 Å². The van der Waals surface area contributed by atoms with E-state index in [1.165, 1.54) is 0 Å². The molecule has 0 aliphatic carbocycles. The van der Waals surface area contributed by atoms with Crippen LogP contribution in [0.2, 0.25) is 0 Å². The van der Waals surface area contributed by atoms with Gasteiger partial charge in [0, 0.05) is 17.8 Å². The number of aryl methyl sites for hydroxylation is 1. The fraction of sp³-hybridized carbons (Fsp3) is 0.176. The second kappa shape index (κ2) is 5.90. The van der Waals surface area contributed by atoms with Crippen molar-refractivity contribution in [1.82, 2.24) is 15.0 Å². The van der Waals surface area contributed by atoms with Crippen LogP contribution in [0.3, 0.4) is 0 Å². The third kappa shape index (κ3) is 2.78. The lowest BCUT2D eigenvalue weighted by atomic mass is 10.1. The van der Waals surface area contributed by atoms with E-state index in [1.807, 2.05) is 13.0 Å². The Balaban J connectivity index is 1.57. The maximum absolute atomic E-state index is 12.5. The largest absolute Gasteiger partial charge is 0.482 e. The zero-order valence-electron chi connectivity index (χ0n) is 13.4. The number of fused-ring (bicyclic) bond motifs is 2. The van der Waals surface area contributed by atoms with Crippen LogP contribution in [0.4, 0.5) is 11.4 Å². The monoisotopic (exact) mass is 337 g/mol.